The van der Waals surface area contributed by atoms with Crippen molar-refractivity contribution in [2.45, 2.75) is 6.42 Å². The van der Waals surface area contributed by atoms with Crippen molar-refractivity contribution in [3.63, 3.8) is 0 Å². The molecule has 1 aliphatic rings. The molecule has 0 radical (unpaired) electrons. The van der Waals surface area contributed by atoms with Crippen LogP contribution in [-0.2, 0) is 18.9 Å². The number of aryl methyl sites for hydroxylation is 2. The molecule has 154 valence electrons. The predicted octanol–water partition coefficient (Wildman–Crippen LogP) is 2.24. The minimum atomic E-state index is -0.446. The standard InChI is InChI=1S/C23H18N4O4/c1-25-16-9-5-3-7-13(16)18(12-19(25)28)27-20(29)11-15(24-27)21-22(30)14-8-4-6-10-17(14)26(2)23(21)31/h3-10,12,30H,11H2,1-2H3. The zero-order valence-electron chi connectivity index (χ0n) is 16.9. The maximum Gasteiger partial charge on any atom is 0.263 e. The van der Waals surface area contributed by atoms with Gasteiger partial charge in [-0.1, -0.05) is 30.3 Å². The fourth-order valence-corrected chi connectivity index (χ4v) is 4.06. The monoisotopic (exact) mass is 414 g/mol. The number of hydrazone groups is 1. The number of carbonyl (C=O) groups excluding carboxylic acids is 1. The average Bonchev–Trinajstić information content (AvgIpc) is 3.15. The number of amides is 1. The van der Waals surface area contributed by atoms with Gasteiger partial charge in [0.1, 0.15) is 11.3 Å². The van der Waals surface area contributed by atoms with E-state index in [0.29, 0.717) is 27.5 Å². The molecule has 1 N–H and O–H groups in total. The van der Waals surface area contributed by atoms with Crippen molar-refractivity contribution in [3.8, 4) is 5.75 Å². The lowest BCUT2D eigenvalue weighted by Crippen LogP contribution is -2.25. The molecular weight excluding hydrogens is 396 g/mol. The number of hydrogen-bond donors (Lipinski definition) is 1. The van der Waals surface area contributed by atoms with Crippen molar-refractivity contribution in [1.82, 2.24) is 9.13 Å². The number of hydrogen-bond acceptors (Lipinski definition) is 5. The number of carbonyl (C=O) groups is 1. The maximum atomic E-state index is 13.0. The van der Waals surface area contributed by atoms with Crippen molar-refractivity contribution in [2.24, 2.45) is 19.2 Å². The first-order valence-corrected chi connectivity index (χ1v) is 9.68. The highest BCUT2D eigenvalue weighted by molar-refractivity contribution is 6.22. The largest absolute Gasteiger partial charge is 0.506 e. The smallest absolute Gasteiger partial charge is 0.263 e. The van der Waals surface area contributed by atoms with Crippen LogP contribution in [0, 0.1) is 0 Å². The molecule has 31 heavy (non-hydrogen) atoms. The highest BCUT2D eigenvalue weighted by atomic mass is 16.3. The summed E-state index contributed by atoms with van der Waals surface area (Å²) >= 11 is 0. The molecule has 1 aliphatic heterocycles. The first-order valence-electron chi connectivity index (χ1n) is 9.68. The Morgan fingerprint density at radius 2 is 1.48 bits per heavy atom. The quantitative estimate of drug-likeness (QED) is 0.544. The summed E-state index contributed by atoms with van der Waals surface area (Å²) in [6.07, 6.45) is -0.162. The summed E-state index contributed by atoms with van der Waals surface area (Å²) in [5.74, 6) is -0.594. The fraction of sp³-hybridized carbons (Fsp3) is 0.130. The molecule has 5 rings (SSSR count). The van der Waals surface area contributed by atoms with Crippen LogP contribution < -0.4 is 16.1 Å². The molecule has 0 bridgehead atoms. The van der Waals surface area contributed by atoms with Crippen molar-refractivity contribution in [2.75, 3.05) is 5.01 Å². The second-order valence-corrected chi connectivity index (χ2v) is 7.48. The van der Waals surface area contributed by atoms with Gasteiger partial charge in [0.15, 0.2) is 0 Å². The summed E-state index contributed by atoms with van der Waals surface area (Å²) in [4.78, 5) is 38.3. The predicted molar refractivity (Wildman–Crippen MR) is 119 cm³/mol. The van der Waals surface area contributed by atoms with Crippen LogP contribution >= 0.6 is 0 Å². The Kier molecular flexibility index (Phi) is 4.04. The fourth-order valence-electron chi connectivity index (χ4n) is 4.06. The molecule has 8 nitrogen and oxygen atoms in total. The first kappa shape index (κ1) is 18.8. The summed E-state index contributed by atoms with van der Waals surface area (Å²) in [7, 11) is 3.27. The second-order valence-electron chi connectivity index (χ2n) is 7.48. The van der Waals surface area contributed by atoms with E-state index in [1.165, 1.54) is 15.2 Å². The molecule has 8 heteroatoms. The molecule has 0 unspecified atom stereocenters. The summed E-state index contributed by atoms with van der Waals surface area (Å²) in [6, 6.07) is 15.5. The van der Waals surface area contributed by atoms with Crippen LogP contribution in [0.15, 0.2) is 69.3 Å². The van der Waals surface area contributed by atoms with E-state index in [-0.39, 0.29) is 34.9 Å². The van der Waals surface area contributed by atoms with E-state index in [4.69, 9.17) is 0 Å². The third kappa shape index (κ3) is 2.68. The van der Waals surface area contributed by atoms with Gasteiger partial charge in [0.25, 0.3) is 17.0 Å². The van der Waals surface area contributed by atoms with Crippen molar-refractivity contribution < 1.29 is 9.90 Å². The number of nitrogens with zero attached hydrogens (tertiary/aromatic N) is 4. The van der Waals surface area contributed by atoms with Gasteiger partial charge in [-0.3, -0.25) is 14.4 Å². The molecule has 0 spiro atoms. The van der Waals surface area contributed by atoms with Crippen LogP contribution in [0.3, 0.4) is 0 Å². The summed E-state index contributed by atoms with van der Waals surface area (Å²) in [5.41, 5.74) is 1.01. The lowest BCUT2D eigenvalue weighted by atomic mass is 10.0. The lowest BCUT2D eigenvalue weighted by molar-refractivity contribution is -0.116. The number of pyridine rings is 2. The van der Waals surface area contributed by atoms with Gasteiger partial charge in [-0.2, -0.15) is 10.1 Å². The van der Waals surface area contributed by atoms with Crippen molar-refractivity contribution in [1.29, 1.82) is 0 Å². The normalized spacial score (nSPS) is 13.9. The molecule has 1 amide bonds. The SMILES string of the molecule is Cn1c(=O)cc(N2N=C(c3c(O)c4ccccc4n(C)c3=O)CC2=O)c2ccccc21. The van der Waals surface area contributed by atoms with Gasteiger partial charge < -0.3 is 14.2 Å². The van der Waals surface area contributed by atoms with E-state index in [9.17, 15) is 19.5 Å². The number of aromatic hydroxyl groups is 1. The number of anilines is 1. The molecule has 0 atom stereocenters. The van der Waals surface area contributed by atoms with E-state index in [1.807, 2.05) is 12.1 Å². The molecule has 2 aromatic heterocycles. The Morgan fingerprint density at radius 1 is 0.871 bits per heavy atom. The molecule has 0 saturated carbocycles. The third-order valence-electron chi connectivity index (χ3n) is 5.70. The zero-order valence-corrected chi connectivity index (χ0v) is 16.9. The van der Waals surface area contributed by atoms with Crippen molar-refractivity contribution in [3.05, 3.63) is 80.9 Å². The Bertz CT molecular complexity index is 1560. The van der Waals surface area contributed by atoms with Crippen LogP contribution in [0.4, 0.5) is 5.69 Å². The minimum absolute atomic E-state index is 0.00908. The van der Waals surface area contributed by atoms with Crippen LogP contribution in [0.1, 0.15) is 12.0 Å². The van der Waals surface area contributed by atoms with Crippen LogP contribution in [0.2, 0.25) is 0 Å². The maximum absolute atomic E-state index is 13.0. The average molecular weight is 414 g/mol. The van der Waals surface area contributed by atoms with E-state index >= 15 is 0 Å². The molecule has 0 aliphatic carbocycles. The molecular formula is C23H18N4O4. The van der Waals surface area contributed by atoms with E-state index < -0.39 is 5.56 Å². The highest BCUT2D eigenvalue weighted by Crippen LogP contribution is 2.32. The Labute approximate surface area is 175 Å². The molecule has 2 aromatic carbocycles. The lowest BCUT2D eigenvalue weighted by Gasteiger charge is -2.16. The van der Waals surface area contributed by atoms with E-state index in [1.54, 1.807) is 50.5 Å². The Hall–Kier alpha value is -4.20. The molecule has 0 fully saturated rings. The minimum Gasteiger partial charge on any atom is -0.506 e. The van der Waals surface area contributed by atoms with Crippen LogP contribution in [0.5, 0.6) is 5.75 Å². The molecule has 4 aromatic rings. The summed E-state index contributed by atoms with van der Waals surface area (Å²) in [5, 5.41) is 17.5. The number of fused-ring (bicyclic) bond motifs is 2. The molecule has 3 heterocycles. The van der Waals surface area contributed by atoms with Gasteiger partial charge in [-0.25, -0.2) is 0 Å². The van der Waals surface area contributed by atoms with Crippen molar-refractivity contribution >= 4 is 39.1 Å². The number of aromatic nitrogens is 2. The summed E-state index contributed by atoms with van der Waals surface area (Å²) < 4.78 is 2.92. The Morgan fingerprint density at radius 3 is 2.19 bits per heavy atom. The van der Waals surface area contributed by atoms with Gasteiger partial charge >= 0.3 is 0 Å². The van der Waals surface area contributed by atoms with Gasteiger partial charge in [0, 0.05) is 30.9 Å². The summed E-state index contributed by atoms with van der Waals surface area (Å²) in [6.45, 7) is 0. The van der Waals surface area contributed by atoms with E-state index in [2.05, 4.69) is 5.10 Å². The Balaban J connectivity index is 1.74. The van der Waals surface area contributed by atoms with Gasteiger partial charge in [0.2, 0.25) is 0 Å². The zero-order chi connectivity index (χ0) is 21.9. The molecule has 0 saturated heterocycles. The van der Waals surface area contributed by atoms with Gasteiger partial charge in [-0.05, 0) is 18.2 Å². The highest BCUT2D eigenvalue weighted by Gasteiger charge is 2.31. The van der Waals surface area contributed by atoms with Crippen LogP contribution in [0.25, 0.3) is 21.8 Å². The van der Waals surface area contributed by atoms with Gasteiger partial charge in [0.05, 0.1) is 28.9 Å². The number of benzene rings is 2. The number of para-hydroxylation sites is 2. The van der Waals surface area contributed by atoms with Gasteiger partial charge in [-0.15, -0.1) is 0 Å². The second kappa shape index (κ2) is 6.66. The number of rotatable bonds is 2. The first-order chi connectivity index (χ1) is 14.9. The van der Waals surface area contributed by atoms with Crippen LogP contribution in [-0.4, -0.2) is 25.9 Å². The van der Waals surface area contributed by atoms with E-state index in [0.717, 1.165) is 5.01 Å². The third-order valence-corrected chi connectivity index (χ3v) is 5.70. The topological polar surface area (TPSA) is 96.9 Å².